The van der Waals surface area contributed by atoms with Crippen LogP contribution in [0.15, 0.2) is 65.1 Å². The number of carbonyl (C=O) groups is 1. The first kappa shape index (κ1) is 23.9. The molecule has 1 fully saturated rings. The molecular weight excluding hydrogens is 361 g/mol. The second kappa shape index (κ2) is 13.1. The number of rotatable bonds is 3. The molecule has 0 aliphatic heterocycles. The predicted octanol–water partition coefficient (Wildman–Crippen LogP) is 3.03. The first-order chi connectivity index (χ1) is 12.6. The quantitative estimate of drug-likeness (QED) is 0.513. The molecular formula is C23H25KNO2-. The fourth-order valence-corrected chi connectivity index (χ4v) is 1.96. The first-order valence-electron chi connectivity index (χ1n) is 8.89. The molecule has 0 spiro atoms. The van der Waals surface area contributed by atoms with Crippen LogP contribution in [0, 0.1) is 18.7 Å². The topological polar surface area (TPSA) is 43.1 Å². The zero-order valence-corrected chi connectivity index (χ0v) is 19.7. The van der Waals surface area contributed by atoms with Crippen molar-refractivity contribution >= 4 is 5.78 Å². The van der Waals surface area contributed by atoms with E-state index >= 15 is 0 Å². The summed E-state index contributed by atoms with van der Waals surface area (Å²) in [5, 5.41) is 0. The third-order valence-corrected chi connectivity index (χ3v) is 3.88. The monoisotopic (exact) mass is 386 g/mol. The second-order valence-electron chi connectivity index (χ2n) is 6.30. The van der Waals surface area contributed by atoms with E-state index in [-0.39, 0.29) is 57.2 Å². The molecule has 0 amide bonds. The van der Waals surface area contributed by atoms with Gasteiger partial charge in [0, 0.05) is 5.76 Å². The molecule has 3 nitrogen and oxygen atoms in total. The van der Waals surface area contributed by atoms with Crippen molar-refractivity contribution in [1.82, 2.24) is 4.98 Å². The van der Waals surface area contributed by atoms with Gasteiger partial charge in [0.1, 0.15) is 6.39 Å². The van der Waals surface area contributed by atoms with Gasteiger partial charge in [0.2, 0.25) is 0 Å². The summed E-state index contributed by atoms with van der Waals surface area (Å²) < 4.78 is 5.37. The van der Waals surface area contributed by atoms with E-state index in [1.54, 1.807) is 6.92 Å². The number of nitrogens with zero attached hydrogens (tertiary/aromatic N) is 1. The van der Waals surface area contributed by atoms with Crippen molar-refractivity contribution in [3.63, 3.8) is 0 Å². The van der Waals surface area contributed by atoms with Gasteiger partial charge in [0.25, 0.3) is 0 Å². The Labute approximate surface area is 205 Å². The minimum Gasteiger partial charge on any atom is -0.573 e. The van der Waals surface area contributed by atoms with Crippen LogP contribution in [0.25, 0.3) is 22.6 Å². The van der Waals surface area contributed by atoms with Crippen molar-refractivity contribution in [3.8, 4) is 22.6 Å². The van der Waals surface area contributed by atoms with Crippen LogP contribution in [-0.2, 0) is 4.79 Å². The van der Waals surface area contributed by atoms with Crippen LogP contribution in [0.5, 0.6) is 0 Å². The molecule has 2 aromatic carbocycles. The third kappa shape index (κ3) is 9.04. The Kier molecular flexibility index (Phi) is 11.6. The fourth-order valence-electron chi connectivity index (χ4n) is 1.96. The average molecular weight is 387 g/mol. The Balaban J connectivity index is 0.000000305. The Morgan fingerprint density at radius 1 is 1.04 bits per heavy atom. The van der Waals surface area contributed by atoms with Gasteiger partial charge in [-0.15, -0.1) is 0 Å². The summed E-state index contributed by atoms with van der Waals surface area (Å²) in [7, 11) is 0. The molecule has 4 heteroatoms. The van der Waals surface area contributed by atoms with Gasteiger partial charge >= 0.3 is 51.4 Å². The molecule has 3 aromatic rings. The number of Topliss-reactive ketones (excluding diaryl/α,β-unsaturated/α-hetero) is 1. The van der Waals surface area contributed by atoms with Crippen LogP contribution in [0.3, 0.4) is 0 Å². The van der Waals surface area contributed by atoms with E-state index in [0.29, 0.717) is 0 Å². The number of ketones is 1. The molecule has 0 radical (unpaired) electrons. The zero-order valence-electron chi connectivity index (χ0n) is 16.6. The number of aromatic nitrogens is 1. The maximum absolute atomic E-state index is 9.76. The summed E-state index contributed by atoms with van der Waals surface area (Å²) >= 11 is 0. The van der Waals surface area contributed by atoms with E-state index in [9.17, 15) is 4.79 Å². The van der Waals surface area contributed by atoms with Crippen LogP contribution >= 0.6 is 0 Å². The van der Waals surface area contributed by atoms with Crippen LogP contribution in [0.2, 0.25) is 0 Å². The number of oxazole rings is 1. The SMILES string of the molecule is CC1CC1.C[CH-]C(C)=O.[K+].[c-]1nc(-c2ccccc2)c(-c2ccccc2)o1. The fraction of sp³-hybridized carbons (Fsp3) is 0.261. The Morgan fingerprint density at radius 2 is 1.48 bits per heavy atom. The first-order valence-corrected chi connectivity index (χ1v) is 8.89. The summed E-state index contributed by atoms with van der Waals surface area (Å²) in [6, 6.07) is 19.9. The molecule has 0 atom stereocenters. The van der Waals surface area contributed by atoms with E-state index in [1.165, 1.54) is 26.2 Å². The van der Waals surface area contributed by atoms with E-state index in [2.05, 4.69) is 18.3 Å². The molecule has 1 heterocycles. The molecule has 136 valence electrons. The van der Waals surface area contributed by atoms with Crippen molar-refractivity contribution in [3.05, 3.63) is 73.5 Å². The van der Waals surface area contributed by atoms with Crippen LogP contribution < -0.4 is 51.4 Å². The maximum Gasteiger partial charge on any atom is 1.00 e. The molecule has 1 saturated carbocycles. The summed E-state index contributed by atoms with van der Waals surface area (Å²) in [4.78, 5) is 13.9. The average Bonchev–Trinajstić information content (AvgIpc) is 3.31. The minimum absolute atomic E-state index is 0. The molecule has 0 N–H and O–H groups in total. The van der Waals surface area contributed by atoms with Gasteiger partial charge in [-0.1, -0.05) is 86.0 Å². The molecule has 1 aromatic heterocycles. The Morgan fingerprint density at radius 3 is 1.89 bits per heavy atom. The third-order valence-electron chi connectivity index (χ3n) is 3.88. The van der Waals surface area contributed by atoms with E-state index in [1.807, 2.05) is 60.7 Å². The summed E-state index contributed by atoms with van der Waals surface area (Å²) in [5.74, 6) is 1.97. The molecule has 0 bridgehead atoms. The van der Waals surface area contributed by atoms with Gasteiger partial charge in [-0.2, -0.15) is 6.92 Å². The molecule has 4 rings (SSSR count). The molecule has 0 unspecified atom stereocenters. The van der Waals surface area contributed by atoms with Crippen LogP contribution in [-0.4, -0.2) is 10.8 Å². The normalized spacial score (nSPS) is 11.7. The predicted molar refractivity (Wildman–Crippen MR) is 105 cm³/mol. The zero-order chi connectivity index (χ0) is 18.8. The second-order valence-corrected chi connectivity index (χ2v) is 6.30. The Hall–Kier alpha value is -1.17. The molecule has 0 saturated heterocycles. The smallest absolute Gasteiger partial charge is 0.573 e. The number of hydrogen-bond donors (Lipinski definition) is 0. The van der Waals surface area contributed by atoms with Crippen molar-refractivity contribution < 1.29 is 60.6 Å². The number of carbonyl (C=O) groups excluding carboxylic acids is 1. The van der Waals surface area contributed by atoms with Crippen molar-refractivity contribution in [2.75, 3.05) is 0 Å². The van der Waals surface area contributed by atoms with E-state index < -0.39 is 0 Å². The van der Waals surface area contributed by atoms with E-state index in [4.69, 9.17) is 4.42 Å². The Bertz CT molecular complexity index is 726. The maximum atomic E-state index is 9.76. The largest absolute Gasteiger partial charge is 1.00 e. The van der Waals surface area contributed by atoms with Crippen LogP contribution in [0.1, 0.15) is 33.6 Å². The minimum atomic E-state index is 0. The molecule has 1 aliphatic rings. The van der Waals surface area contributed by atoms with Gasteiger partial charge in [-0.3, -0.25) is 0 Å². The van der Waals surface area contributed by atoms with Crippen molar-refractivity contribution in [1.29, 1.82) is 0 Å². The van der Waals surface area contributed by atoms with Crippen molar-refractivity contribution in [2.45, 2.75) is 33.6 Å². The van der Waals surface area contributed by atoms with Crippen LogP contribution in [0.4, 0.5) is 0 Å². The summed E-state index contributed by atoms with van der Waals surface area (Å²) in [6.45, 7) is 5.53. The summed E-state index contributed by atoms with van der Waals surface area (Å²) in [5.41, 5.74) is 2.88. The molecule has 1 aliphatic carbocycles. The standard InChI is InChI=1S/C15H10NO.C4H7O.C4H8.K/c1-3-7-12(8-4-1)14-15(17-11-16-14)13-9-5-2-6-10-13;1-3-4(2)5;1-4-2-3-4;/h1-10H;3H,1-2H3;4H,2-3H2,1H3;/q2*-1;;+1. The van der Waals surface area contributed by atoms with Crippen molar-refractivity contribution in [2.24, 2.45) is 5.92 Å². The number of benzene rings is 2. The van der Waals surface area contributed by atoms with E-state index in [0.717, 1.165) is 28.5 Å². The van der Waals surface area contributed by atoms with Gasteiger partial charge < -0.3 is 20.6 Å². The summed E-state index contributed by atoms with van der Waals surface area (Å²) in [6.07, 6.45) is 7.07. The van der Waals surface area contributed by atoms with Gasteiger partial charge in [-0.05, 0) is 29.9 Å². The molecule has 27 heavy (non-hydrogen) atoms. The van der Waals surface area contributed by atoms with Gasteiger partial charge in [0.05, 0.1) is 0 Å². The number of hydrogen-bond acceptors (Lipinski definition) is 3. The van der Waals surface area contributed by atoms with Gasteiger partial charge in [-0.25, -0.2) is 0 Å². The van der Waals surface area contributed by atoms with Gasteiger partial charge in [0.15, 0.2) is 0 Å².